The Morgan fingerprint density at radius 3 is 2.74 bits per heavy atom. The van der Waals surface area contributed by atoms with Gasteiger partial charge in [0.05, 0.1) is 5.69 Å². The van der Waals surface area contributed by atoms with Crippen molar-refractivity contribution in [2.75, 3.05) is 6.54 Å². The van der Waals surface area contributed by atoms with Gasteiger partial charge < -0.3 is 5.73 Å². The molecule has 0 spiro atoms. The van der Waals surface area contributed by atoms with E-state index in [9.17, 15) is 0 Å². The molecule has 2 N–H and O–H groups in total. The summed E-state index contributed by atoms with van der Waals surface area (Å²) in [6.45, 7) is 5.09. The average Bonchev–Trinajstić information content (AvgIpc) is 2.86. The number of rotatable bonds is 6. The van der Waals surface area contributed by atoms with E-state index in [1.807, 2.05) is 11.8 Å². The number of thiazole rings is 1. The second kappa shape index (κ2) is 7.08. The van der Waals surface area contributed by atoms with E-state index in [-0.39, 0.29) is 0 Å². The molecule has 0 saturated carbocycles. The van der Waals surface area contributed by atoms with E-state index in [2.05, 4.69) is 43.5 Å². The Morgan fingerprint density at radius 2 is 2.05 bits per heavy atom. The quantitative estimate of drug-likeness (QED) is 0.871. The highest BCUT2D eigenvalue weighted by molar-refractivity contribution is 7.99. The van der Waals surface area contributed by atoms with Crippen molar-refractivity contribution in [2.24, 2.45) is 5.73 Å². The molecule has 1 aromatic carbocycles. The molecule has 0 aliphatic rings. The third-order valence-corrected chi connectivity index (χ3v) is 5.15. The molecule has 1 atom stereocenters. The second-order valence-corrected chi connectivity index (χ2v) is 6.99. The van der Waals surface area contributed by atoms with Gasteiger partial charge in [-0.2, -0.15) is 11.8 Å². The molecule has 2 nitrogen and oxygen atoms in total. The highest BCUT2D eigenvalue weighted by Crippen LogP contribution is 2.27. The first-order chi connectivity index (χ1) is 9.19. The monoisotopic (exact) mass is 292 g/mol. The van der Waals surface area contributed by atoms with Gasteiger partial charge in [-0.3, -0.25) is 0 Å². The summed E-state index contributed by atoms with van der Waals surface area (Å²) in [5, 5.41) is 3.88. The number of nitrogens with zero attached hydrogens (tertiary/aromatic N) is 1. The number of thioether (sulfide) groups is 1. The summed E-state index contributed by atoms with van der Waals surface area (Å²) in [6.07, 6.45) is 1.07. The molecule has 0 radical (unpaired) electrons. The van der Waals surface area contributed by atoms with E-state index < -0.39 is 0 Å². The summed E-state index contributed by atoms with van der Waals surface area (Å²) in [5.74, 6) is 0.976. The molecule has 1 aromatic heterocycles. The molecule has 1 heterocycles. The van der Waals surface area contributed by atoms with Crippen molar-refractivity contribution >= 4 is 23.1 Å². The maximum absolute atomic E-state index is 5.56. The Kier molecular flexibility index (Phi) is 5.43. The number of aryl methyl sites for hydroxylation is 1. The van der Waals surface area contributed by atoms with Crippen LogP contribution in [0, 0.1) is 6.92 Å². The number of benzene rings is 1. The predicted octanol–water partition coefficient (Wildman–Crippen LogP) is 4.09. The SMILES string of the molecule is Cc1ccc(-c2nc(CSC(C)CCN)cs2)cc1. The van der Waals surface area contributed by atoms with E-state index >= 15 is 0 Å². The Morgan fingerprint density at radius 1 is 1.32 bits per heavy atom. The molecule has 0 amide bonds. The lowest BCUT2D eigenvalue weighted by atomic mass is 10.2. The molecule has 0 aliphatic heterocycles. The van der Waals surface area contributed by atoms with Gasteiger partial charge in [-0.05, 0) is 19.9 Å². The van der Waals surface area contributed by atoms with Crippen molar-refractivity contribution in [1.82, 2.24) is 4.98 Å². The van der Waals surface area contributed by atoms with Crippen LogP contribution >= 0.6 is 23.1 Å². The van der Waals surface area contributed by atoms with Crippen LogP contribution in [-0.4, -0.2) is 16.8 Å². The fourth-order valence-corrected chi connectivity index (χ4v) is 3.58. The molecular formula is C15H20N2S2. The van der Waals surface area contributed by atoms with Gasteiger partial charge >= 0.3 is 0 Å². The normalized spacial score (nSPS) is 12.6. The lowest BCUT2D eigenvalue weighted by molar-refractivity contribution is 0.822. The summed E-state index contributed by atoms with van der Waals surface area (Å²) < 4.78 is 0. The smallest absolute Gasteiger partial charge is 0.123 e. The van der Waals surface area contributed by atoms with Crippen LogP contribution in [0.5, 0.6) is 0 Å². The molecule has 2 rings (SSSR count). The van der Waals surface area contributed by atoms with Crippen molar-refractivity contribution in [1.29, 1.82) is 0 Å². The van der Waals surface area contributed by atoms with E-state index in [0.717, 1.165) is 23.7 Å². The minimum atomic E-state index is 0.606. The van der Waals surface area contributed by atoms with Crippen LogP contribution < -0.4 is 5.73 Å². The van der Waals surface area contributed by atoms with Crippen molar-refractivity contribution in [3.8, 4) is 10.6 Å². The fourth-order valence-electron chi connectivity index (χ4n) is 1.75. The molecule has 19 heavy (non-hydrogen) atoms. The van der Waals surface area contributed by atoms with Gasteiger partial charge in [0, 0.05) is 21.9 Å². The zero-order valence-corrected chi connectivity index (χ0v) is 13.1. The standard InChI is InChI=1S/C15H20N2S2/c1-11-3-5-13(6-4-11)15-17-14(10-19-15)9-18-12(2)7-8-16/h3-6,10,12H,7-9,16H2,1-2H3. The van der Waals surface area contributed by atoms with E-state index in [4.69, 9.17) is 10.7 Å². The van der Waals surface area contributed by atoms with Crippen LogP contribution in [-0.2, 0) is 5.75 Å². The molecule has 1 unspecified atom stereocenters. The zero-order valence-electron chi connectivity index (χ0n) is 11.4. The molecule has 0 aliphatic carbocycles. The zero-order chi connectivity index (χ0) is 13.7. The van der Waals surface area contributed by atoms with Gasteiger partial charge in [0.15, 0.2) is 0 Å². The topological polar surface area (TPSA) is 38.9 Å². The Balaban J connectivity index is 1.97. The van der Waals surface area contributed by atoms with Crippen molar-refractivity contribution in [2.45, 2.75) is 31.3 Å². The summed E-state index contributed by atoms with van der Waals surface area (Å²) in [4.78, 5) is 4.71. The molecular weight excluding hydrogens is 272 g/mol. The maximum Gasteiger partial charge on any atom is 0.123 e. The van der Waals surface area contributed by atoms with Gasteiger partial charge in [0.2, 0.25) is 0 Å². The Bertz CT molecular complexity index is 505. The average molecular weight is 292 g/mol. The number of aromatic nitrogens is 1. The summed E-state index contributed by atoms with van der Waals surface area (Å²) in [5.41, 5.74) is 9.23. The van der Waals surface area contributed by atoms with Gasteiger partial charge in [0.25, 0.3) is 0 Å². The third kappa shape index (κ3) is 4.34. The summed E-state index contributed by atoms with van der Waals surface area (Å²) >= 11 is 3.65. The van der Waals surface area contributed by atoms with E-state index in [1.54, 1.807) is 11.3 Å². The second-order valence-electron chi connectivity index (χ2n) is 4.71. The van der Waals surface area contributed by atoms with Crippen molar-refractivity contribution < 1.29 is 0 Å². The van der Waals surface area contributed by atoms with Crippen molar-refractivity contribution in [3.63, 3.8) is 0 Å². The van der Waals surface area contributed by atoms with Gasteiger partial charge in [-0.25, -0.2) is 4.98 Å². The molecule has 102 valence electrons. The number of nitrogens with two attached hydrogens (primary N) is 1. The summed E-state index contributed by atoms with van der Waals surface area (Å²) in [7, 11) is 0. The molecule has 4 heteroatoms. The first kappa shape index (κ1) is 14.6. The van der Waals surface area contributed by atoms with Gasteiger partial charge in [0.1, 0.15) is 5.01 Å². The number of hydrogen-bond acceptors (Lipinski definition) is 4. The van der Waals surface area contributed by atoms with Crippen LogP contribution in [0.2, 0.25) is 0 Å². The van der Waals surface area contributed by atoms with Crippen LogP contribution in [0.1, 0.15) is 24.6 Å². The summed E-state index contributed by atoms with van der Waals surface area (Å²) in [6, 6.07) is 8.55. The first-order valence-electron chi connectivity index (χ1n) is 6.52. The predicted molar refractivity (Wildman–Crippen MR) is 86.7 cm³/mol. The highest BCUT2D eigenvalue weighted by Gasteiger charge is 2.07. The minimum absolute atomic E-state index is 0.606. The largest absolute Gasteiger partial charge is 0.330 e. The lowest BCUT2D eigenvalue weighted by Gasteiger charge is -2.07. The number of hydrogen-bond donors (Lipinski definition) is 1. The van der Waals surface area contributed by atoms with Gasteiger partial charge in [-0.1, -0.05) is 36.8 Å². The van der Waals surface area contributed by atoms with Crippen LogP contribution in [0.15, 0.2) is 29.6 Å². The Labute approximate surface area is 123 Å². The lowest BCUT2D eigenvalue weighted by Crippen LogP contribution is -2.07. The highest BCUT2D eigenvalue weighted by atomic mass is 32.2. The van der Waals surface area contributed by atoms with E-state index in [0.29, 0.717) is 5.25 Å². The minimum Gasteiger partial charge on any atom is -0.330 e. The molecule has 2 aromatic rings. The van der Waals surface area contributed by atoms with Crippen molar-refractivity contribution in [3.05, 3.63) is 40.9 Å². The first-order valence-corrected chi connectivity index (χ1v) is 8.45. The van der Waals surface area contributed by atoms with E-state index in [1.165, 1.54) is 16.8 Å². The fraction of sp³-hybridized carbons (Fsp3) is 0.400. The maximum atomic E-state index is 5.56. The van der Waals surface area contributed by atoms with Gasteiger partial charge in [-0.15, -0.1) is 11.3 Å². The molecule has 0 fully saturated rings. The van der Waals surface area contributed by atoms with Crippen LogP contribution in [0.4, 0.5) is 0 Å². The molecule has 0 saturated heterocycles. The van der Waals surface area contributed by atoms with Crippen LogP contribution in [0.3, 0.4) is 0 Å². The molecule has 0 bridgehead atoms. The Hall–Kier alpha value is -0.840. The van der Waals surface area contributed by atoms with Crippen LogP contribution in [0.25, 0.3) is 10.6 Å². The third-order valence-electron chi connectivity index (χ3n) is 2.94.